The minimum atomic E-state index is -3.71. The number of methoxy groups -OCH3 is 2. The number of hydrogen-bond donors (Lipinski definition) is 0. The zero-order chi connectivity index (χ0) is 24.5. The maximum atomic E-state index is 13.4. The lowest BCUT2D eigenvalue weighted by Crippen LogP contribution is -2.38. The molecule has 1 aliphatic heterocycles. The molecule has 12 heteroatoms. The Morgan fingerprint density at radius 2 is 1.82 bits per heavy atom. The molecule has 0 unspecified atom stereocenters. The normalized spacial score (nSPS) is 15.2. The van der Waals surface area contributed by atoms with Crippen LogP contribution in [0.1, 0.15) is 16.9 Å². The van der Waals surface area contributed by atoms with Gasteiger partial charge in [0.1, 0.15) is 17.2 Å². The average Bonchev–Trinajstić information content (AvgIpc) is 3.35. The lowest BCUT2D eigenvalue weighted by Gasteiger charge is -2.21. The van der Waals surface area contributed by atoms with Crippen molar-refractivity contribution >= 4 is 15.9 Å². The fraction of sp³-hybridized carbons (Fsp3) is 0.409. The maximum absolute atomic E-state index is 13.4. The van der Waals surface area contributed by atoms with Gasteiger partial charge in [0.25, 0.3) is 15.9 Å². The first-order valence-corrected chi connectivity index (χ1v) is 12.2. The predicted octanol–water partition coefficient (Wildman–Crippen LogP) is 1.37. The van der Waals surface area contributed by atoms with Gasteiger partial charge in [-0.15, -0.1) is 0 Å². The molecule has 0 radical (unpaired) electrons. The Morgan fingerprint density at radius 3 is 2.50 bits per heavy atom. The summed E-state index contributed by atoms with van der Waals surface area (Å²) in [6, 6.07) is 7.10. The highest BCUT2D eigenvalue weighted by atomic mass is 32.2. The first kappa shape index (κ1) is 23.8. The van der Waals surface area contributed by atoms with Crippen molar-refractivity contribution in [1.29, 1.82) is 0 Å². The molecule has 0 spiro atoms. The second kappa shape index (κ2) is 9.47. The predicted molar refractivity (Wildman–Crippen MR) is 124 cm³/mol. The summed E-state index contributed by atoms with van der Waals surface area (Å²) in [5, 5.41) is 4.53. The van der Waals surface area contributed by atoms with E-state index in [0.717, 1.165) is 0 Å². The van der Waals surface area contributed by atoms with E-state index in [0.29, 0.717) is 48.0 Å². The van der Waals surface area contributed by atoms with Crippen molar-refractivity contribution in [1.82, 2.24) is 28.5 Å². The quantitative estimate of drug-likeness (QED) is 0.515. The highest BCUT2D eigenvalue weighted by Gasteiger charge is 2.31. The van der Waals surface area contributed by atoms with Crippen molar-refractivity contribution in [2.45, 2.75) is 11.4 Å². The van der Waals surface area contributed by atoms with Crippen LogP contribution in [0, 0.1) is 0 Å². The van der Waals surface area contributed by atoms with Crippen molar-refractivity contribution in [3.05, 3.63) is 42.5 Å². The van der Waals surface area contributed by atoms with Crippen LogP contribution in [0.15, 0.2) is 41.8 Å². The summed E-state index contributed by atoms with van der Waals surface area (Å²) in [5.41, 5.74) is 1.69. The van der Waals surface area contributed by atoms with Gasteiger partial charge in [-0.2, -0.15) is 9.40 Å². The molecule has 0 aliphatic carbocycles. The molecule has 34 heavy (non-hydrogen) atoms. The largest absolute Gasteiger partial charge is 0.497 e. The number of aromatic nitrogens is 4. The molecular formula is C22H28N6O5S. The number of sulfonamides is 1. The van der Waals surface area contributed by atoms with Crippen LogP contribution in [0.2, 0.25) is 0 Å². The third kappa shape index (κ3) is 4.50. The molecule has 1 amide bonds. The van der Waals surface area contributed by atoms with Crippen LogP contribution in [0.4, 0.5) is 0 Å². The highest BCUT2D eigenvalue weighted by molar-refractivity contribution is 7.89. The molecule has 0 saturated carbocycles. The number of ether oxygens (including phenoxy) is 2. The van der Waals surface area contributed by atoms with Gasteiger partial charge in [-0.05, 0) is 30.7 Å². The number of amides is 1. The molecule has 4 rings (SSSR count). The summed E-state index contributed by atoms with van der Waals surface area (Å²) in [5.74, 6) is 1.05. The van der Waals surface area contributed by atoms with Gasteiger partial charge in [0.2, 0.25) is 0 Å². The molecule has 0 atom stereocenters. The molecule has 1 aromatic carbocycles. The van der Waals surface area contributed by atoms with E-state index in [1.54, 1.807) is 56.0 Å². The van der Waals surface area contributed by atoms with Gasteiger partial charge in [0, 0.05) is 52.0 Å². The van der Waals surface area contributed by atoms with Crippen LogP contribution < -0.4 is 9.47 Å². The Hall–Kier alpha value is -3.38. The van der Waals surface area contributed by atoms with Crippen molar-refractivity contribution < 1.29 is 22.7 Å². The third-order valence-corrected chi connectivity index (χ3v) is 7.59. The SMILES string of the molecule is COc1ccc(OC)c(-c2cc(C(=O)N3CCCN(S(=O)(=O)c4cn(C)cn4)CC3)n(C)n2)c1. The molecule has 0 bridgehead atoms. The summed E-state index contributed by atoms with van der Waals surface area (Å²) >= 11 is 0. The molecule has 3 aromatic rings. The van der Waals surface area contributed by atoms with Gasteiger partial charge in [-0.1, -0.05) is 0 Å². The first-order valence-electron chi connectivity index (χ1n) is 10.8. The molecule has 1 aliphatic rings. The molecular weight excluding hydrogens is 460 g/mol. The molecule has 1 saturated heterocycles. The molecule has 1 fully saturated rings. The van der Waals surface area contributed by atoms with Gasteiger partial charge < -0.3 is 18.9 Å². The van der Waals surface area contributed by atoms with Gasteiger partial charge in [0.05, 0.1) is 26.2 Å². The Balaban J connectivity index is 1.54. The lowest BCUT2D eigenvalue weighted by molar-refractivity contribution is 0.0753. The van der Waals surface area contributed by atoms with Crippen LogP contribution in [-0.4, -0.2) is 83.3 Å². The van der Waals surface area contributed by atoms with Gasteiger partial charge in [-0.3, -0.25) is 9.48 Å². The van der Waals surface area contributed by atoms with Crippen molar-refractivity contribution in [2.75, 3.05) is 40.4 Å². The van der Waals surface area contributed by atoms with Crippen LogP contribution >= 0.6 is 0 Å². The number of imidazole rings is 1. The van der Waals surface area contributed by atoms with E-state index in [-0.39, 0.29) is 24.0 Å². The molecule has 182 valence electrons. The Bertz CT molecular complexity index is 1300. The molecule has 0 N–H and O–H groups in total. The zero-order valence-electron chi connectivity index (χ0n) is 19.6. The Morgan fingerprint density at radius 1 is 1.03 bits per heavy atom. The minimum absolute atomic E-state index is 0.0123. The first-order chi connectivity index (χ1) is 16.2. The number of carbonyl (C=O) groups is 1. The van der Waals surface area contributed by atoms with Crippen LogP contribution in [0.3, 0.4) is 0 Å². The fourth-order valence-electron chi connectivity index (χ4n) is 3.97. The smallest absolute Gasteiger partial charge is 0.272 e. The topological polar surface area (TPSA) is 112 Å². The minimum Gasteiger partial charge on any atom is -0.497 e. The van der Waals surface area contributed by atoms with E-state index in [2.05, 4.69) is 10.1 Å². The molecule has 11 nitrogen and oxygen atoms in total. The number of aryl methyl sites for hydroxylation is 2. The number of benzene rings is 1. The summed E-state index contributed by atoms with van der Waals surface area (Å²) in [4.78, 5) is 19.0. The second-order valence-electron chi connectivity index (χ2n) is 8.03. The average molecular weight is 489 g/mol. The van der Waals surface area contributed by atoms with E-state index < -0.39 is 10.0 Å². The van der Waals surface area contributed by atoms with E-state index in [1.165, 1.54) is 21.5 Å². The van der Waals surface area contributed by atoms with E-state index in [4.69, 9.17) is 9.47 Å². The fourth-order valence-corrected chi connectivity index (χ4v) is 5.40. The summed E-state index contributed by atoms with van der Waals surface area (Å²) < 4.78 is 41.2. The van der Waals surface area contributed by atoms with Gasteiger partial charge in [0.15, 0.2) is 5.03 Å². The Kier molecular flexibility index (Phi) is 6.62. The van der Waals surface area contributed by atoms with E-state index >= 15 is 0 Å². The lowest BCUT2D eigenvalue weighted by atomic mass is 10.1. The Labute approximate surface area is 198 Å². The van der Waals surface area contributed by atoms with Crippen LogP contribution in [0.5, 0.6) is 11.5 Å². The molecule has 2 aromatic heterocycles. The van der Waals surface area contributed by atoms with Gasteiger partial charge >= 0.3 is 0 Å². The summed E-state index contributed by atoms with van der Waals surface area (Å²) in [7, 11) is 2.87. The standard InChI is InChI=1S/C22H28N6O5S/c1-25-14-21(23-15-25)34(30,31)28-9-5-8-27(10-11-28)22(29)19-13-18(24-26(19)2)17-12-16(32-3)6-7-20(17)33-4/h6-7,12-15H,5,8-11H2,1-4H3. The molecule has 3 heterocycles. The van der Waals surface area contributed by atoms with E-state index in [9.17, 15) is 13.2 Å². The monoisotopic (exact) mass is 488 g/mol. The number of carbonyl (C=O) groups excluding carboxylic acids is 1. The van der Waals surface area contributed by atoms with Crippen LogP contribution in [-0.2, 0) is 24.1 Å². The summed E-state index contributed by atoms with van der Waals surface area (Å²) in [6.45, 7) is 1.23. The van der Waals surface area contributed by atoms with E-state index in [1.807, 2.05) is 6.07 Å². The number of hydrogen-bond acceptors (Lipinski definition) is 7. The van der Waals surface area contributed by atoms with Crippen LogP contribution in [0.25, 0.3) is 11.3 Å². The zero-order valence-corrected chi connectivity index (χ0v) is 20.4. The van der Waals surface area contributed by atoms with Crippen molar-refractivity contribution in [2.24, 2.45) is 14.1 Å². The number of rotatable bonds is 6. The summed E-state index contributed by atoms with van der Waals surface area (Å²) in [6.07, 6.45) is 3.46. The third-order valence-electron chi connectivity index (χ3n) is 5.81. The highest BCUT2D eigenvalue weighted by Crippen LogP contribution is 2.33. The van der Waals surface area contributed by atoms with Crippen molar-refractivity contribution in [3.8, 4) is 22.8 Å². The van der Waals surface area contributed by atoms with Crippen molar-refractivity contribution in [3.63, 3.8) is 0 Å². The maximum Gasteiger partial charge on any atom is 0.272 e. The second-order valence-corrected chi connectivity index (χ2v) is 9.92. The number of nitrogens with zero attached hydrogens (tertiary/aromatic N) is 6. The van der Waals surface area contributed by atoms with Gasteiger partial charge in [-0.25, -0.2) is 13.4 Å².